The normalized spacial score (nSPS) is 21.2. The molecule has 1 saturated heterocycles. The van der Waals surface area contributed by atoms with Crippen molar-refractivity contribution in [2.24, 2.45) is 0 Å². The van der Waals surface area contributed by atoms with Crippen molar-refractivity contribution in [2.45, 2.75) is 38.8 Å². The highest BCUT2D eigenvalue weighted by Gasteiger charge is 2.19. The van der Waals surface area contributed by atoms with Gasteiger partial charge in [-0.25, -0.2) is 4.98 Å². The third-order valence-electron chi connectivity index (χ3n) is 3.27. The SMILES string of the molecule is Cc1ncc(C(C)NC2CCN(C)CC2)s1. The van der Waals surface area contributed by atoms with Crippen molar-refractivity contribution in [1.29, 1.82) is 0 Å². The molecular weight excluding hydrogens is 218 g/mol. The Labute approximate surface area is 102 Å². The van der Waals surface area contributed by atoms with Crippen molar-refractivity contribution in [1.82, 2.24) is 15.2 Å². The summed E-state index contributed by atoms with van der Waals surface area (Å²) < 4.78 is 0. The van der Waals surface area contributed by atoms with Crippen LogP contribution in [-0.4, -0.2) is 36.1 Å². The van der Waals surface area contributed by atoms with Gasteiger partial charge in [-0.1, -0.05) is 0 Å². The summed E-state index contributed by atoms with van der Waals surface area (Å²) in [5.74, 6) is 0. The molecule has 1 atom stereocenters. The van der Waals surface area contributed by atoms with Gasteiger partial charge in [0.1, 0.15) is 0 Å². The van der Waals surface area contributed by atoms with Crippen LogP contribution < -0.4 is 5.32 Å². The Morgan fingerprint density at radius 1 is 1.50 bits per heavy atom. The number of hydrogen-bond acceptors (Lipinski definition) is 4. The van der Waals surface area contributed by atoms with Crippen LogP contribution in [0.4, 0.5) is 0 Å². The first kappa shape index (κ1) is 12.0. The molecule has 0 aliphatic carbocycles. The summed E-state index contributed by atoms with van der Waals surface area (Å²) >= 11 is 1.80. The summed E-state index contributed by atoms with van der Waals surface area (Å²) in [5.41, 5.74) is 0. The minimum Gasteiger partial charge on any atom is -0.307 e. The summed E-state index contributed by atoms with van der Waals surface area (Å²) in [6.45, 7) is 6.74. The standard InChI is InChI=1S/C12H21N3S/c1-9(12-8-13-10(2)16-12)14-11-4-6-15(3)7-5-11/h8-9,11,14H,4-7H2,1-3H3. The van der Waals surface area contributed by atoms with E-state index in [2.05, 4.69) is 36.1 Å². The Balaban J connectivity index is 1.85. The maximum Gasteiger partial charge on any atom is 0.0897 e. The van der Waals surface area contributed by atoms with E-state index < -0.39 is 0 Å². The zero-order valence-electron chi connectivity index (χ0n) is 10.4. The number of aryl methyl sites for hydroxylation is 1. The van der Waals surface area contributed by atoms with E-state index in [1.54, 1.807) is 11.3 Å². The highest BCUT2D eigenvalue weighted by Crippen LogP contribution is 2.21. The number of thiazole rings is 1. The molecule has 0 radical (unpaired) electrons. The van der Waals surface area contributed by atoms with Gasteiger partial charge in [-0.05, 0) is 46.8 Å². The third kappa shape index (κ3) is 3.03. The van der Waals surface area contributed by atoms with Crippen LogP contribution in [0.3, 0.4) is 0 Å². The fourth-order valence-electron chi connectivity index (χ4n) is 2.19. The van der Waals surface area contributed by atoms with Gasteiger partial charge in [-0.15, -0.1) is 11.3 Å². The largest absolute Gasteiger partial charge is 0.307 e. The number of nitrogens with one attached hydrogen (secondary N) is 1. The van der Waals surface area contributed by atoms with Gasteiger partial charge < -0.3 is 10.2 Å². The smallest absolute Gasteiger partial charge is 0.0897 e. The molecule has 4 heteroatoms. The minimum absolute atomic E-state index is 0.444. The van der Waals surface area contributed by atoms with Crippen LogP contribution in [0.15, 0.2) is 6.20 Å². The maximum atomic E-state index is 4.31. The molecule has 1 aliphatic rings. The fraction of sp³-hybridized carbons (Fsp3) is 0.750. The Kier molecular flexibility index (Phi) is 3.95. The van der Waals surface area contributed by atoms with Crippen LogP contribution in [0.5, 0.6) is 0 Å². The summed E-state index contributed by atoms with van der Waals surface area (Å²) in [6, 6.07) is 1.12. The quantitative estimate of drug-likeness (QED) is 0.876. The predicted molar refractivity (Wildman–Crippen MR) is 68.9 cm³/mol. The molecule has 1 aliphatic heterocycles. The van der Waals surface area contributed by atoms with Crippen LogP contribution in [0.2, 0.25) is 0 Å². The third-order valence-corrected chi connectivity index (χ3v) is 4.37. The lowest BCUT2D eigenvalue weighted by Gasteiger charge is -2.31. The molecule has 1 aromatic rings. The van der Waals surface area contributed by atoms with Crippen LogP contribution in [-0.2, 0) is 0 Å². The van der Waals surface area contributed by atoms with E-state index in [0.29, 0.717) is 12.1 Å². The number of hydrogen-bond donors (Lipinski definition) is 1. The minimum atomic E-state index is 0.444. The van der Waals surface area contributed by atoms with Gasteiger partial charge >= 0.3 is 0 Å². The second-order valence-electron chi connectivity index (χ2n) is 4.75. The average Bonchev–Trinajstić information content (AvgIpc) is 2.68. The van der Waals surface area contributed by atoms with E-state index in [1.165, 1.54) is 30.8 Å². The first-order valence-corrected chi connectivity index (χ1v) is 6.83. The molecule has 0 bridgehead atoms. The number of nitrogens with zero attached hydrogens (tertiary/aromatic N) is 2. The molecule has 16 heavy (non-hydrogen) atoms. The predicted octanol–water partition coefficient (Wildman–Crippen LogP) is 2.20. The topological polar surface area (TPSA) is 28.2 Å². The molecule has 0 saturated carbocycles. The van der Waals surface area contributed by atoms with Crippen molar-refractivity contribution in [3.05, 3.63) is 16.1 Å². The van der Waals surface area contributed by atoms with Crippen molar-refractivity contribution in [3.8, 4) is 0 Å². The van der Waals surface area contributed by atoms with Crippen molar-refractivity contribution < 1.29 is 0 Å². The Hall–Kier alpha value is -0.450. The van der Waals surface area contributed by atoms with Crippen molar-refractivity contribution in [3.63, 3.8) is 0 Å². The Morgan fingerprint density at radius 3 is 2.75 bits per heavy atom. The number of likely N-dealkylation sites (tertiary alicyclic amines) is 1. The molecule has 1 aromatic heterocycles. The van der Waals surface area contributed by atoms with Gasteiger partial charge in [-0.2, -0.15) is 0 Å². The first-order chi connectivity index (χ1) is 7.65. The average molecular weight is 239 g/mol. The lowest BCUT2D eigenvalue weighted by atomic mass is 10.0. The summed E-state index contributed by atoms with van der Waals surface area (Å²) in [4.78, 5) is 8.07. The van der Waals surface area contributed by atoms with Gasteiger partial charge in [0.25, 0.3) is 0 Å². The molecule has 1 N–H and O–H groups in total. The molecular formula is C12H21N3S. The van der Waals surface area contributed by atoms with E-state index in [1.807, 2.05) is 6.20 Å². The van der Waals surface area contributed by atoms with Crippen LogP contribution in [0.25, 0.3) is 0 Å². The Morgan fingerprint density at radius 2 is 2.19 bits per heavy atom. The van der Waals surface area contributed by atoms with Crippen LogP contribution >= 0.6 is 11.3 Å². The molecule has 1 unspecified atom stereocenters. The van der Waals surface area contributed by atoms with Crippen LogP contribution in [0, 0.1) is 6.92 Å². The molecule has 3 nitrogen and oxygen atoms in total. The molecule has 0 aromatic carbocycles. The van der Waals surface area contributed by atoms with Gasteiger partial charge in [0.05, 0.1) is 5.01 Å². The van der Waals surface area contributed by atoms with Crippen molar-refractivity contribution in [2.75, 3.05) is 20.1 Å². The van der Waals surface area contributed by atoms with Crippen molar-refractivity contribution >= 4 is 11.3 Å². The molecule has 1 fully saturated rings. The lowest BCUT2D eigenvalue weighted by Crippen LogP contribution is -2.41. The highest BCUT2D eigenvalue weighted by atomic mass is 32.1. The lowest BCUT2D eigenvalue weighted by molar-refractivity contribution is 0.227. The Bertz CT molecular complexity index is 329. The van der Waals surface area contributed by atoms with Gasteiger partial charge in [0, 0.05) is 23.2 Å². The number of piperidine rings is 1. The fourth-order valence-corrected chi connectivity index (χ4v) is 2.99. The maximum absolute atomic E-state index is 4.31. The van der Waals surface area contributed by atoms with E-state index in [4.69, 9.17) is 0 Å². The van der Waals surface area contributed by atoms with Gasteiger partial charge in [-0.3, -0.25) is 0 Å². The first-order valence-electron chi connectivity index (χ1n) is 6.02. The molecule has 0 spiro atoms. The van der Waals surface area contributed by atoms with E-state index in [-0.39, 0.29) is 0 Å². The summed E-state index contributed by atoms with van der Waals surface area (Å²) in [5, 5.41) is 4.87. The molecule has 90 valence electrons. The number of rotatable bonds is 3. The zero-order valence-corrected chi connectivity index (χ0v) is 11.2. The zero-order chi connectivity index (χ0) is 11.5. The van der Waals surface area contributed by atoms with E-state index in [9.17, 15) is 0 Å². The molecule has 0 amide bonds. The number of aromatic nitrogens is 1. The van der Waals surface area contributed by atoms with E-state index in [0.717, 1.165) is 5.01 Å². The van der Waals surface area contributed by atoms with E-state index >= 15 is 0 Å². The highest BCUT2D eigenvalue weighted by molar-refractivity contribution is 7.11. The van der Waals surface area contributed by atoms with Crippen LogP contribution in [0.1, 0.15) is 35.7 Å². The molecule has 2 rings (SSSR count). The second-order valence-corrected chi connectivity index (χ2v) is 6.01. The molecule has 2 heterocycles. The van der Waals surface area contributed by atoms with Gasteiger partial charge in [0.2, 0.25) is 0 Å². The second kappa shape index (κ2) is 5.25. The summed E-state index contributed by atoms with van der Waals surface area (Å²) in [6.07, 6.45) is 4.53. The van der Waals surface area contributed by atoms with Gasteiger partial charge in [0.15, 0.2) is 0 Å². The summed E-state index contributed by atoms with van der Waals surface area (Å²) in [7, 11) is 2.20. The monoisotopic (exact) mass is 239 g/mol.